The van der Waals surface area contributed by atoms with Crippen molar-refractivity contribution in [2.45, 2.75) is 6.54 Å². The van der Waals surface area contributed by atoms with Crippen LogP contribution in [0.5, 0.6) is 0 Å². The first-order valence-electron chi connectivity index (χ1n) is 8.84. The number of furan rings is 2. The van der Waals surface area contributed by atoms with Crippen molar-refractivity contribution in [3.8, 4) is 11.3 Å². The van der Waals surface area contributed by atoms with Crippen molar-refractivity contribution in [2.75, 3.05) is 7.11 Å². The summed E-state index contributed by atoms with van der Waals surface area (Å²) in [5.41, 5.74) is 0.612. The Labute approximate surface area is 190 Å². The van der Waals surface area contributed by atoms with E-state index in [2.05, 4.69) is 4.74 Å². The number of thioether (sulfide) groups is 1. The van der Waals surface area contributed by atoms with Gasteiger partial charge in [-0.3, -0.25) is 14.5 Å². The molecular weight excluding hydrogens is 465 g/mol. The minimum absolute atomic E-state index is 0.0113. The molecular formula is C21H13Cl2NO6S. The highest BCUT2D eigenvalue weighted by Gasteiger charge is 2.36. The number of amides is 2. The van der Waals surface area contributed by atoms with Gasteiger partial charge in [0.05, 0.1) is 28.6 Å². The maximum Gasteiger partial charge on any atom is 0.373 e. The Balaban J connectivity index is 1.52. The van der Waals surface area contributed by atoms with E-state index in [1.807, 2.05) is 0 Å². The van der Waals surface area contributed by atoms with E-state index in [9.17, 15) is 14.4 Å². The van der Waals surface area contributed by atoms with Crippen LogP contribution in [0, 0.1) is 0 Å². The Hall–Kier alpha value is -2.94. The average molecular weight is 478 g/mol. The number of esters is 1. The van der Waals surface area contributed by atoms with E-state index < -0.39 is 17.1 Å². The topological polar surface area (TPSA) is 90.0 Å². The Bertz CT molecular complexity index is 1230. The zero-order chi connectivity index (χ0) is 22.1. The van der Waals surface area contributed by atoms with Gasteiger partial charge in [-0.05, 0) is 48.2 Å². The van der Waals surface area contributed by atoms with Gasteiger partial charge in [0, 0.05) is 11.6 Å². The van der Waals surface area contributed by atoms with Crippen molar-refractivity contribution >= 4 is 58.2 Å². The molecule has 0 bridgehead atoms. The van der Waals surface area contributed by atoms with Crippen LogP contribution in [-0.2, 0) is 16.1 Å². The summed E-state index contributed by atoms with van der Waals surface area (Å²) in [6.45, 7) is -0.111. The van der Waals surface area contributed by atoms with Crippen LogP contribution in [0.25, 0.3) is 17.4 Å². The van der Waals surface area contributed by atoms with Crippen LogP contribution >= 0.6 is 35.0 Å². The number of methoxy groups -OCH3 is 1. The molecule has 4 rings (SSSR count). The van der Waals surface area contributed by atoms with Gasteiger partial charge < -0.3 is 13.6 Å². The number of carbonyl (C=O) groups is 3. The number of ether oxygens (including phenoxy) is 1. The van der Waals surface area contributed by atoms with Gasteiger partial charge in [0.25, 0.3) is 11.1 Å². The van der Waals surface area contributed by atoms with Crippen molar-refractivity contribution in [1.29, 1.82) is 0 Å². The standard InChI is InChI=1S/C21H13Cl2NO6S/c1-28-20(26)16-8-6-12(30-16)10-24-19(25)17(31-21(24)27)9-11-5-7-15(29-11)13-3-2-4-14(22)18(13)23/h2-9H,10H2,1H3. The molecule has 1 fully saturated rings. The quantitative estimate of drug-likeness (QED) is 0.335. The Kier molecular flexibility index (Phi) is 5.95. The van der Waals surface area contributed by atoms with Crippen molar-refractivity contribution in [2.24, 2.45) is 0 Å². The number of halogens is 2. The second kappa shape index (κ2) is 8.66. The molecule has 0 aliphatic carbocycles. The maximum atomic E-state index is 12.7. The van der Waals surface area contributed by atoms with Crippen molar-refractivity contribution in [3.05, 3.63) is 74.7 Å². The van der Waals surface area contributed by atoms with Gasteiger partial charge in [0.2, 0.25) is 5.76 Å². The molecule has 0 atom stereocenters. The number of hydrogen-bond acceptors (Lipinski definition) is 7. The number of benzene rings is 1. The van der Waals surface area contributed by atoms with E-state index in [0.29, 0.717) is 27.1 Å². The first-order chi connectivity index (χ1) is 14.9. The van der Waals surface area contributed by atoms with Crippen LogP contribution in [0.2, 0.25) is 10.0 Å². The molecule has 0 unspecified atom stereocenters. The average Bonchev–Trinajstić information content (AvgIpc) is 3.47. The zero-order valence-corrected chi connectivity index (χ0v) is 18.2. The lowest BCUT2D eigenvalue weighted by molar-refractivity contribution is -0.123. The highest BCUT2D eigenvalue weighted by Crippen LogP contribution is 2.37. The fourth-order valence-electron chi connectivity index (χ4n) is 2.86. The lowest BCUT2D eigenvalue weighted by Gasteiger charge is -2.09. The van der Waals surface area contributed by atoms with Crippen LogP contribution in [0.15, 0.2) is 56.2 Å². The van der Waals surface area contributed by atoms with E-state index in [1.54, 1.807) is 30.3 Å². The van der Waals surface area contributed by atoms with Gasteiger partial charge in [0.1, 0.15) is 17.3 Å². The number of rotatable bonds is 5. The lowest BCUT2D eigenvalue weighted by atomic mass is 10.2. The fraction of sp³-hybridized carbons (Fsp3) is 0.0952. The minimum atomic E-state index is -0.645. The molecule has 1 aromatic carbocycles. The minimum Gasteiger partial charge on any atom is -0.463 e. The van der Waals surface area contributed by atoms with Crippen LogP contribution in [0.4, 0.5) is 4.79 Å². The van der Waals surface area contributed by atoms with Crippen molar-refractivity contribution < 1.29 is 28.0 Å². The Morgan fingerprint density at radius 1 is 1.13 bits per heavy atom. The largest absolute Gasteiger partial charge is 0.463 e. The molecule has 0 N–H and O–H groups in total. The molecule has 0 spiro atoms. The van der Waals surface area contributed by atoms with Crippen molar-refractivity contribution in [3.63, 3.8) is 0 Å². The van der Waals surface area contributed by atoms with Gasteiger partial charge >= 0.3 is 5.97 Å². The zero-order valence-electron chi connectivity index (χ0n) is 15.9. The maximum absolute atomic E-state index is 12.7. The molecule has 3 heterocycles. The van der Waals surface area contributed by atoms with E-state index in [1.165, 1.54) is 25.3 Å². The normalized spacial score (nSPS) is 15.2. The molecule has 1 aliphatic heterocycles. The lowest BCUT2D eigenvalue weighted by Crippen LogP contribution is -2.27. The molecule has 0 saturated carbocycles. The number of carbonyl (C=O) groups excluding carboxylic acids is 3. The second-order valence-electron chi connectivity index (χ2n) is 6.33. The summed E-state index contributed by atoms with van der Waals surface area (Å²) in [6, 6.07) is 11.5. The van der Waals surface area contributed by atoms with Crippen molar-refractivity contribution in [1.82, 2.24) is 4.90 Å². The number of imide groups is 1. The van der Waals surface area contributed by atoms with Gasteiger partial charge in [-0.25, -0.2) is 4.79 Å². The summed E-state index contributed by atoms with van der Waals surface area (Å²) in [5.74, 6) is -0.0208. The third-order valence-electron chi connectivity index (χ3n) is 4.35. The molecule has 2 amide bonds. The van der Waals surface area contributed by atoms with Crippen LogP contribution in [0.3, 0.4) is 0 Å². The molecule has 7 nitrogen and oxygen atoms in total. The fourth-order valence-corrected chi connectivity index (χ4v) is 4.08. The third-order valence-corrected chi connectivity index (χ3v) is 6.08. The van der Waals surface area contributed by atoms with Gasteiger partial charge in [-0.15, -0.1) is 0 Å². The van der Waals surface area contributed by atoms with Gasteiger partial charge in [0.15, 0.2) is 0 Å². The number of nitrogens with zero attached hydrogens (tertiary/aromatic N) is 1. The molecule has 3 aromatic rings. The SMILES string of the molecule is COC(=O)c1ccc(CN2C(=O)SC(=Cc3ccc(-c4cccc(Cl)c4Cl)o3)C2=O)o1. The molecule has 0 radical (unpaired) electrons. The summed E-state index contributed by atoms with van der Waals surface area (Å²) >= 11 is 13.0. The third kappa shape index (κ3) is 4.27. The summed E-state index contributed by atoms with van der Waals surface area (Å²) in [7, 11) is 1.23. The Morgan fingerprint density at radius 3 is 2.71 bits per heavy atom. The molecule has 31 heavy (non-hydrogen) atoms. The molecule has 10 heteroatoms. The first-order valence-corrected chi connectivity index (χ1v) is 10.4. The first kappa shape index (κ1) is 21.3. The van der Waals surface area contributed by atoms with Gasteiger partial charge in [-0.1, -0.05) is 29.3 Å². The van der Waals surface area contributed by atoms with E-state index >= 15 is 0 Å². The summed E-state index contributed by atoms with van der Waals surface area (Å²) in [6.07, 6.45) is 1.48. The highest BCUT2D eigenvalue weighted by molar-refractivity contribution is 8.18. The predicted octanol–water partition coefficient (Wildman–Crippen LogP) is 5.87. The smallest absolute Gasteiger partial charge is 0.373 e. The molecule has 158 valence electrons. The Morgan fingerprint density at radius 2 is 1.94 bits per heavy atom. The van der Waals surface area contributed by atoms with E-state index in [0.717, 1.165) is 16.7 Å². The second-order valence-corrected chi connectivity index (χ2v) is 8.11. The number of hydrogen-bond donors (Lipinski definition) is 0. The molecule has 1 aliphatic rings. The summed E-state index contributed by atoms with van der Waals surface area (Å²) in [4.78, 5) is 37.7. The van der Waals surface area contributed by atoms with Crippen LogP contribution < -0.4 is 0 Å². The van der Waals surface area contributed by atoms with Crippen LogP contribution in [-0.4, -0.2) is 29.1 Å². The summed E-state index contributed by atoms with van der Waals surface area (Å²) < 4.78 is 15.7. The molecule has 2 aromatic heterocycles. The van der Waals surface area contributed by atoms with Gasteiger partial charge in [-0.2, -0.15) is 0 Å². The molecule has 1 saturated heterocycles. The monoisotopic (exact) mass is 477 g/mol. The highest BCUT2D eigenvalue weighted by atomic mass is 35.5. The van der Waals surface area contributed by atoms with E-state index in [4.69, 9.17) is 32.0 Å². The summed E-state index contributed by atoms with van der Waals surface area (Å²) in [5, 5.41) is 0.290. The van der Waals surface area contributed by atoms with E-state index in [-0.39, 0.29) is 23.0 Å². The van der Waals surface area contributed by atoms with Crippen LogP contribution in [0.1, 0.15) is 22.1 Å². The predicted molar refractivity (Wildman–Crippen MR) is 116 cm³/mol.